The molecule has 0 bridgehead atoms. The Morgan fingerprint density at radius 1 is 1.13 bits per heavy atom. The van der Waals surface area contributed by atoms with E-state index < -0.39 is 0 Å². The molecule has 6 heteroatoms. The van der Waals surface area contributed by atoms with Crippen LogP contribution in [0.15, 0.2) is 24.3 Å². The number of piperidine rings is 1. The Morgan fingerprint density at radius 2 is 1.77 bits per heavy atom. The zero-order valence-electron chi connectivity index (χ0n) is 18.9. The second-order valence-electron chi connectivity index (χ2n) is 8.87. The van der Waals surface area contributed by atoms with Crippen molar-refractivity contribution in [3.8, 4) is 5.75 Å². The second-order valence-corrected chi connectivity index (χ2v) is 8.87. The largest absolute Gasteiger partial charge is 0.494 e. The molecule has 0 unspecified atom stereocenters. The first-order valence-corrected chi connectivity index (χ1v) is 11.7. The third-order valence-electron chi connectivity index (χ3n) is 6.26. The first kappa shape index (κ1) is 22.9. The van der Waals surface area contributed by atoms with E-state index in [1.54, 1.807) is 0 Å². The molecule has 0 radical (unpaired) electrons. The van der Waals surface area contributed by atoms with Gasteiger partial charge in [-0.05, 0) is 75.8 Å². The zero-order chi connectivity index (χ0) is 21.3. The molecule has 0 spiro atoms. The van der Waals surface area contributed by atoms with Crippen molar-refractivity contribution in [2.24, 2.45) is 5.92 Å². The molecule has 1 aromatic rings. The van der Waals surface area contributed by atoms with Gasteiger partial charge < -0.3 is 19.7 Å². The topological polar surface area (TPSA) is 54.0 Å². The Kier molecular flexibility index (Phi) is 8.82. The molecule has 0 aliphatic carbocycles. The molecule has 6 nitrogen and oxygen atoms in total. The van der Waals surface area contributed by atoms with Crippen LogP contribution in [0.2, 0.25) is 0 Å². The van der Waals surface area contributed by atoms with E-state index in [1.807, 2.05) is 36.1 Å². The summed E-state index contributed by atoms with van der Waals surface area (Å²) in [5.74, 6) is 1.54. The third kappa shape index (κ3) is 6.61. The van der Waals surface area contributed by atoms with Crippen LogP contribution in [-0.4, -0.2) is 67.4 Å². The van der Waals surface area contributed by atoms with E-state index in [0.717, 1.165) is 70.0 Å². The lowest BCUT2D eigenvalue weighted by molar-refractivity contribution is 0.00321. The molecule has 2 saturated heterocycles. The molecule has 2 heterocycles. The van der Waals surface area contributed by atoms with E-state index in [4.69, 9.17) is 9.47 Å². The van der Waals surface area contributed by atoms with Gasteiger partial charge in [0.25, 0.3) is 0 Å². The Bertz CT molecular complexity index is 636. The number of rotatable bonds is 8. The van der Waals surface area contributed by atoms with Gasteiger partial charge in [-0.3, -0.25) is 4.90 Å². The quantitative estimate of drug-likeness (QED) is 0.671. The summed E-state index contributed by atoms with van der Waals surface area (Å²) in [6.45, 7) is 11.8. The van der Waals surface area contributed by atoms with Crippen molar-refractivity contribution in [2.45, 2.75) is 65.0 Å². The fourth-order valence-electron chi connectivity index (χ4n) is 4.49. The number of urea groups is 1. The minimum atomic E-state index is -0.00240. The number of nitrogens with zero attached hydrogens (tertiary/aromatic N) is 2. The van der Waals surface area contributed by atoms with Gasteiger partial charge >= 0.3 is 6.03 Å². The predicted molar refractivity (Wildman–Crippen MR) is 121 cm³/mol. The smallest absolute Gasteiger partial charge is 0.321 e. The van der Waals surface area contributed by atoms with Crippen LogP contribution < -0.4 is 10.1 Å². The number of anilines is 1. The van der Waals surface area contributed by atoms with Gasteiger partial charge in [0.05, 0.1) is 6.61 Å². The maximum absolute atomic E-state index is 12.7. The Morgan fingerprint density at radius 3 is 2.37 bits per heavy atom. The van der Waals surface area contributed by atoms with Gasteiger partial charge in [0.15, 0.2) is 0 Å². The monoisotopic (exact) mass is 417 g/mol. The molecular weight excluding hydrogens is 378 g/mol. The van der Waals surface area contributed by atoms with Gasteiger partial charge in [-0.1, -0.05) is 13.8 Å². The van der Waals surface area contributed by atoms with E-state index in [0.29, 0.717) is 24.6 Å². The summed E-state index contributed by atoms with van der Waals surface area (Å²) in [7, 11) is 0. The molecule has 0 aromatic heterocycles. The normalized spacial score (nSPS) is 18.8. The number of amides is 2. The van der Waals surface area contributed by atoms with Crippen LogP contribution in [0.1, 0.15) is 52.9 Å². The Hall–Kier alpha value is -1.79. The summed E-state index contributed by atoms with van der Waals surface area (Å²) in [5.41, 5.74) is 0.811. The van der Waals surface area contributed by atoms with Crippen molar-refractivity contribution < 1.29 is 14.3 Å². The Labute approximate surface area is 181 Å². The van der Waals surface area contributed by atoms with Gasteiger partial charge in [-0.25, -0.2) is 4.79 Å². The first-order valence-electron chi connectivity index (χ1n) is 11.7. The second kappa shape index (κ2) is 11.6. The van der Waals surface area contributed by atoms with Crippen molar-refractivity contribution in [3.63, 3.8) is 0 Å². The highest BCUT2D eigenvalue weighted by atomic mass is 16.5. The minimum absolute atomic E-state index is 0.00240. The van der Waals surface area contributed by atoms with E-state index in [2.05, 4.69) is 24.1 Å². The van der Waals surface area contributed by atoms with Crippen LogP contribution in [0.3, 0.4) is 0 Å². The number of hydrogen-bond acceptors (Lipinski definition) is 4. The lowest BCUT2D eigenvalue weighted by Gasteiger charge is -2.44. The molecule has 2 amide bonds. The number of benzene rings is 1. The fraction of sp³-hybridized carbons (Fsp3) is 0.708. The highest BCUT2D eigenvalue weighted by molar-refractivity contribution is 5.89. The van der Waals surface area contributed by atoms with Crippen LogP contribution in [0.5, 0.6) is 5.75 Å². The molecule has 2 aliphatic heterocycles. The standard InChI is InChI=1S/C24H39N3O3/c1-4-30-23-7-5-20(6-8-23)25-24(28)26-14-10-21(11-15-26)27(16-9-19(2)3)22-12-17-29-18-13-22/h5-8,19,21-22H,4,9-18H2,1-3H3,(H,25,28). The van der Waals surface area contributed by atoms with Crippen LogP contribution in [-0.2, 0) is 4.74 Å². The highest BCUT2D eigenvalue weighted by Crippen LogP contribution is 2.25. The molecular formula is C24H39N3O3. The van der Waals surface area contributed by atoms with Crippen molar-refractivity contribution in [2.75, 3.05) is 44.8 Å². The van der Waals surface area contributed by atoms with Crippen LogP contribution >= 0.6 is 0 Å². The number of nitrogens with one attached hydrogen (secondary N) is 1. The zero-order valence-corrected chi connectivity index (χ0v) is 18.9. The van der Waals surface area contributed by atoms with Gasteiger partial charge in [-0.2, -0.15) is 0 Å². The molecule has 1 aromatic carbocycles. The fourth-order valence-corrected chi connectivity index (χ4v) is 4.49. The van der Waals surface area contributed by atoms with E-state index >= 15 is 0 Å². The van der Waals surface area contributed by atoms with Gasteiger partial charge in [-0.15, -0.1) is 0 Å². The summed E-state index contributed by atoms with van der Waals surface area (Å²) in [5, 5.41) is 3.03. The molecule has 2 aliphatic rings. The molecule has 0 atom stereocenters. The number of carbonyl (C=O) groups excluding carboxylic acids is 1. The summed E-state index contributed by atoms with van der Waals surface area (Å²) >= 11 is 0. The maximum atomic E-state index is 12.7. The molecule has 2 fully saturated rings. The lowest BCUT2D eigenvalue weighted by Crippen LogP contribution is -2.52. The predicted octanol–water partition coefficient (Wildman–Crippen LogP) is 4.61. The summed E-state index contributed by atoms with van der Waals surface area (Å²) < 4.78 is 11.1. The SMILES string of the molecule is CCOc1ccc(NC(=O)N2CCC(N(CCC(C)C)C3CCOCC3)CC2)cc1. The number of ether oxygens (including phenoxy) is 2. The minimum Gasteiger partial charge on any atom is -0.494 e. The van der Waals surface area contributed by atoms with Crippen LogP contribution in [0.4, 0.5) is 10.5 Å². The third-order valence-corrected chi connectivity index (χ3v) is 6.26. The number of hydrogen-bond donors (Lipinski definition) is 1. The maximum Gasteiger partial charge on any atom is 0.321 e. The highest BCUT2D eigenvalue weighted by Gasteiger charge is 2.31. The van der Waals surface area contributed by atoms with Gasteiger partial charge in [0.2, 0.25) is 0 Å². The van der Waals surface area contributed by atoms with Crippen molar-refractivity contribution in [1.82, 2.24) is 9.80 Å². The lowest BCUT2D eigenvalue weighted by atomic mass is 9.96. The molecule has 30 heavy (non-hydrogen) atoms. The molecule has 3 rings (SSSR count). The molecule has 168 valence electrons. The number of carbonyl (C=O) groups is 1. The Balaban J connectivity index is 1.51. The van der Waals surface area contributed by atoms with Crippen LogP contribution in [0.25, 0.3) is 0 Å². The van der Waals surface area contributed by atoms with Crippen molar-refractivity contribution in [3.05, 3.63) is 24.3 Å². The number of likely N-dealkylation sites (tertiary alicyclic amines) is 1. The van der Waals surface area contributed by atoms with Crippen molar-refractivity contribution >= 4 is 11.7 Å². The van der Waals surface area contributed by atoms with E-state index in [-0.39, 0.29) is 6.03 Å². The van der Waals surface area contributed by atoms with Crippen LogP contribution in [0, 0.1) is 5.92 Å². The van der Waals surface area contributed by atoms with Crippen molar-refractivity contribution in [1.29, 1.82) is 0 Å². The van der Waals surface area contributed by atoms with E-state index in [9.17, 15) is 4.79 Å². The summed E-state index contributed by atoms with van der Waals surface area (Å²) in [4.78, 5) is 17.4. The van der Waals surface area contributed by atoms with Gasteiger partial charge in [0, 0.05) is 44.1 Å². The molecule has 0 saturated carbocycles. The summed E-state index contributed by atoms with van der Waals surface area (Å²) in [6.07, 6.45) is 5.60. The van der Waals surface area contributed by atoms with Gasteiger partial charge in [0.1, 0.15) is 5.75 Å². The first-order chi connectivity index (χ1) is 14.6. The summed E-state index contributed by atoms with van der Waals surface area (Å²) in [6, 6.07) is 8.78. The molecule has 1 N–H and O–H groups in total. The average molecular weight is 418 g/mol. The average Bonchev–Trinajstić information content (AvgIpc) is 2.76. The van der Waals surface area contributed by atoms with E-state index in [1.165, 1.54) is 6.42 Å².